The van der Waals surface area contributed by atoms with Gasteiger partial charge >= 0.3 is 12.0 Å². The van der Waals surface area contributed by atoms with E-state index >= 15 is 0 Å². The number of esters is 1. The number of benzene rings is 1. The molecule has 2 fully saturated rings. The third kappa shape index (κ3) is 3.06. The molecule has 1 aromatic carbocycles. The van der Waals surface area contributed by atoms with E-state index in [4.69, 9.17) is 4.74 Å². The molecular weight excluding hydrogens is 296 g/mol. The van der Waals surface area contributed by atoms with Crippen molar-refractivity contribution in [3.05, 3.63) is 35.4 Å². The van der Waals surface area contributed by atoms with E-state index < -0.39 is 17.5 Å². The first kappa shape index (κ1) is 15.5. The highest BCUT2D eigenvalue weighted by Crippen LogP contribution is 2.42. The van der Waals surface area contributed by atoms with E-state index in [9.17, 15) is 14.4 Å². The Morgan fingerprint density at radius 1 is 1.30 bits per heavy atom. The van der Waals surface area contributed by atoms with Gasteiger partial charge in [0.15, 0.2) is 0 Å². The molecule has 1 aromatic rings. The Balaban J connectivity index is 1.56. The molecule has 1 aliphatic heterocycles. The number of ether oxygens (including phenoxy) is 1. The molecule has 1 N–H and O–H groups in total. The Hall–Kier alpha value is -2.37. The molecule has 0 unspecified atom stereocenters. The summed E-state index contributed by atoms with van der Waals surface area (Å²) < 4.78 is 5.16. The lowest BCUT2D eigenvalue weighted by Gasteiger charge is -2.20. The first-order valence-corrected chi connectivity index (χ1v) is 7.75. The minimum Gasteiger partial charge on any atom is -0.459 e. The molecule has 6 nitrogen and oxygen atoms in total. The number of urea groups is 1. The van der Waals surface area contributed by atoms with Gasteiger partial charge in [0.25, 0.3) is 5.91 Å². The summed E-state index contributed by atoms with van der Waals surface area (Å²) in [5.74, 6) is -0.751. The lowest BCUT2D eigenvalue weighted by Crippen LogP contribution is -2.46. The van der Waals surface area contributed by atoms with Crippen LogP contribution in [0.5, 0.6) is 0 Å². The maximum absolute atomic E-state index is 12.4. The van der Waals surface area contributed by atoms with Gasteiger partial charge in [0.05, 0.1) is 0 Å². The highest BCUT2D eigenvalue weighted by molar-refractivity contribution is 6.08. The van der Waals surface area contributed by atoms with Crippen molar-refractivity contribution in [2.45, 2.75) is 38.8 Å². The molecule has 2 aliphatic rings. The summed E-state index contributed by atoms with van der Waals surface area (Å²) in [5.41, 5.74) is 1.12. The van der Waals surface area contributed by atoms with Crippen molar-refractivity contribution in [2.75, 3.05) is 6.54 Å². The van der Waals surface area contributed by atoms with E-state index in [1.54, 1.807) is 6.92 Å². The van der Waals surface area contributed by atoms with Crippen LogP contribution in [0.2, 0.25) is 0 Å². The molecule has 0 bridgehead atoms. The highest BCUT2D eigenvalue weighted by Gasteiger charge is 2.56. The van der Waals surface area contributed by atoms with Gasteiger partial charge in [-0.1, -0.05) is 29.8 Å². The van der Waals surface area contributed by atoms with Crippen LogP contribution in [0.15, 0.2) is 24.3 Å². The second-order valence-corrected chi connectivity index (χ2v) is 6.44. The van der Waals surface area contributed by atoms with E-state index in [1.165, 1.54) is 0 Å². The highest BCUT2D eigenvalue weighted by atomic mass is 16.5. The fourth-order valence-electron chi connectivity index (χ4n) is 2.82. The van der Waals surface area contributed by atoms with Gasteiger partial charge in [-0.15, -0.1) is 0 Å². The van der Waals surface area contributed by atoms with Crippen LogP contribution in [0.1, 0.15) is 30.9 Å². The van der Waals surface area contributed by atoms with Gasteiger partial charge in [-0.05, 0) is 38.2 Å². The normalized spacial score (nSPS) is 23.8. The molecule has 0 aromatic heterocycles. The SMILES string of the molecule is Cc1ccc(COC(=O)CN2C(=O)N[C@](C)(C3CC3)C2=O)cc1. The molecule has 0 radical (unpaired) electrons. The van der Waals surface area contributed by atoms with E-state index in [-0.39, 0.29) is 25.0 Å². The van der Waals surface area contributed by atoms with Crippen LogP contribution in [0.4, 0.5) is 4.79 Å². The molecule has 1 aliphatic carbocycles. The predicted octanol–water partition coefficient (Wildman–Crippen LogP) is 1.76. The van der Waals surface area contributed by atoms with Crippen molar-refractivity contribution < 1.29 is 19.1 Å². The summed E-state index contributed by atoms with van der Waals surface area (Å²) in [6, 6.07) is 7.10. The van der Waals surface area contributed by atoms with E-state index in [0.29, 0.717) is 0 Å². The van der Waals surface area contributed by atoms with Crippen molar-refractivity contribution in [3.8, 4) is 0 Å². The molecule has 1 heterocycles. The molecule has 1 saturated heterocycles. The van der Waals surface area contributed by atoms with Gasteiger partial charge in [-0.3, -0.25) is 14.5 Å². The lowest BCUT2D eigenvalue weighted by atomic mass is 9.96. The molecule has 23 heavy (non-hydrogen) atoms. The van der Waals surface area contributed by atoms with Crippen LogP contribution in [-0.2, 0) is 20.9 Å². The smallest absolute Gasteiger partial charge is 0.326 e. The number of aryl methyl sites for hydroxylation is 1. The Morgan fingerprint density at radius 2 is 1.96 bits per heavy atom. The number of carbonyl (C=O) groups excluding carboxylic acids is 3. The maximum Gasteiger partial charge on any atom is 0.326 e. The molecule has 3 amide bonds. The standard InChI is InChI=1S/C17H20N2O4/c1-11-3-5-12(6-4-11)10-23-14(20)9-19-15(21)17(2,13-7-8-13)18-16(19)22/h3-6,13H,7-10H2,1-2H3,(H,18,22)/t17-/m1/s1. The zero-order valence-corrected chi connectivity index (χ0v) is 13.3. The Morgan fingerprint density at radius 3 is 2.57 bits per heavy atom. The lowest BCUT2D eigenvalue weighted by molar-refractivity contribution is -0.148. The number of carbonyl (C=O) groups is 3. The van der Waals surface area contributed by atoms with Crippen molar-refractivity contribution >= 4 is 17.9 Å². The average Bonchev–Trinajstić information content (AvgIpc) is 3.33. The largest absolute Gasteiger partial charge is 0.459 e. The van der Waals surface area contributed by atoms with E-state index in [0.717, 1.165) is 28.9 Å². The molecule has 1 saturated carbocycles. The number of imide groups is 1. The third-order valence-electron chi connectivity index (χ3n) is 4.50. The van der Waals surface area contributed by atoms with E-state index in [1.807, 2.05) is 31.2 Å². The summed E-state index contributed by atoms with van der Waals surface area (Å²) in [7, 11) is 0. The number of amides is 3. The predicted molar refractivity (Wildman–Crippen MR) is 82.3 cm³/mol. The quantitative estimate of drug-likeness (QED) is 0.663. The molecule has 122 valence electrons. The van der Waals surface area contributed by atoms with Crippen LogP contribution >= 0.6 is 0 Å². The zero-order valence-electron chi connectivity index (χ0n) is 13.3. The Bertz CT molecular complexity index is 651. The number of nitrogens with zero attached hydrogens (tertiary/aromatic N) is 1. The number of hydrogen-bond donors (Lipinski definition) is 1. The third-order valence-corrected chi connectivity index (χ3v) is 4.50. The van der Waals surface area contributed by atoms with Gasteiger partial charge in [0.2, 0.25) is 0 Å². The van der Waals surface area contributed by atoms with Crippen molar-refractivity contribution in [1.82, 2.24) is 10.2 Å². The van der Waals surface area contributed by atoms with Crippen molar-refractivity contribution in [3.63, 3.8) is 0 Å². The second kappa shape index (κ2) is 5.68. The fraction of sp³-hybridized carbons (Fsp3) is 0.471. The van der Waals surface area contributed by atoms with Crippen LogP contribution in [0.25, 0.3) is 0 Å². The van der Waals surface area contributed by atoms with Crippen LogP contribution in [0.3, 0.4) is 0 Å². The molecule has 1 atom stereocenters. The maximum atomic E-state index is 12.4. The summed E-state index contributed by atoms with van der Waals surface area (Å²) in [5, 5.41) is 2.71. The van der Waals surface area contributed by atoms with Gasteiger partial charge in [0.1, 0.15) is 18.7 Å². The number of hydrogen-bond acceptors (Lipinski definition) is 4. The molecular formula is C17H20N2O4. The first-order chi connectivity index (χ1) is 10.9. The minimum absolute atomic E-state index is 0.128. The second-order valence-electron chi connectivity index (χ2n) is 6.44. The summed E-state index contributed by atoms with van der Waals surface area (Å²) in [6.07, 6.45) is 1.85. The van der Waals surface area contributed by atoms with Crippen molar-refractivity contribution in [2.24, 2.45) is 5.92 Å². The Labute approximate surface area is 134 Å². The topological polar surface area (TPSA) is 75.7 Å². The zero-order chi connectivity index (χ0) is 16.6. The summed E-state index contributed by atoms with van der Waals surface area (Å²) >= 11 is 0. The van der Waals surface area contributed by atoms with Gasteiger partial charge in [0, 0.05) is 0 Å². The molecule has 0 spiro atoms. The monoisotopic (exact) mass is 316 g/mol. The van der Waals surface area contributed by atoms with Gasteiger partial charge in [-0.2, -0.15) is 0 Å². The average molecular weight is 316 g/mol. The van der Waals surface area contributed by atoms with Gasteiger partial charge in [-0.25, -0.2) is 4.79 Å². The van der Waals surface area contributed by atoms with Crippen molar-refractivity contribution in [1.29, 1.82) is 0 Å². The summed E-state index contributed by atoms with van der Waals surface area (Å²) in [4.78, 5) is 37.3. The number of rotatable bonds is 5. The molecule has 6 heteroatoms. The van der Waals surface area contributed by atoms with Gasteiger partial charge < -0.3 is 10.1 Å². The van der Waals surface area contributed by atoms with Crippen LogP contribution in [-0.4, -0.2) is 34.9 Å². The fourth-order valence-corrected chi connectivity index (χ4v) is 2.82. The minimum atomic E-state index is -0.867. The van der Waals surface area contributed by atoms with E-state index in [2.05, 4.69) is 5.32 Å². The first-order valence-electron chi connectivity index (χ1n) is 7.75. The summed E-state index contributed by atoms with van der Waals surface area (Å²) in [6.45, 7) is 3.48. The van der Waals surface area contributed by atoms with Crippen LogP contribution in [0, 0.1) is 12.8 Å². The number of nitrogens with one attached hydrogen (secondary N) is 1. The molecule has 3 rings (SSSR count). The van der Waals surface area contributed by atoms with Crippen LogP contribution < -0.4 is 5.32 Å². The Kier molecular flexibility index (Phi) is 3.83.